The Morgan fingerprint density at radius 1 is 1.21 bits per heavy atom. The summed E-state index contributed by atoms with van der Waals surface area (Å²) in [6, 6.07) is 7.06. The van der Waals surface area contributed by atoms with Crippen LogP contribution in [0.4, 0.5) is 0 Å². The highest BCUT2D eigenvalue weighted by atomic mass is 35.6. The van der Waals surface area contributed by atoms with Crippen molar-refractivity contribution in [3.05, 3.63) is 36.2 Å². The van der Waals surface area contributed by atoms with Crippen molar-refractivity contribution in [3.8, 4) is 0 Å². The van der Waals surface area contributed by atoms with Gasteiger partial charge in [-0.3, -0.25) is 9.78 Å². The number of para-hydroxylation sites is 2. The summed E-state index contributed by atoms with van der Waals surface area (Å²) < 4.78 is -2.17. The summed E-state index contributed by atoms with van der Waals surface area (Å²) in [6.07, 6.45) is 1.72. The molecule has 0 spiro atoms. The molecule has 98 valence electrons. The molecule has 1 aromatic carbocycles. The highest BCUT2D eigenvalue weighted by molar-refractivity contribution is 6.77. The van der Waals surface area contributed by atoms with Gasteiger partial charge in [0, 0.05) is 0 Å². The molecule has 2 rings (SSSR count). The molecule has 1 aromatic heterocycles. The van der Waals surface area contributed by atoms with E-state index in [9.17, 15) is 9.59 Å². The van der Waals surface area contributed by atoms with Gasteiger partial charge in [0.25, 0.3) is 0 Å². The number of Topliss-reactive ketones (excluding diaryl/α,β-unsaturated/α-hetero) is 1. The molecule has 0 saturated carbocycles. The molecule has 0 aliphatic rings. The number of halogens is 3. The van der Waals surface area contributed by atoms with Crippen molar-refractivity contribution in [3.63, 3.8) is 0 Å². The third-order valence-electron chi connectivity index (χ3n) is 2.48. The molecule has 4 nitrogen and oxygen atoms in total. The van der Waals surface area contributed by atoms with Crippen molar-refractivity contribution in [2.75, 3.05) is 0 Å². The molecule has 1 heterocycles. The number of aldehydes is 1. The maximum Gasteiger partial charge on any atom is 0.249 e. The van der Waals surface area contributed by atoms with Crippen molar-refractivity contribution >= 4 is 57.9 Å². The first-order valence-electron chi connectivity index (χ1n) is 5.21. The SMILES string of the molecule is O=CC(C(=O)C(Cl)(Cl)Cl)c1cnc2ccccc2n1. The fraction of sp³-hybridized carbons (Fsp3) is 0.167. The number of hydrogen-bond donors (Lipinski definition) is 0. The van der Waals surface area contributed by atoms with E-state index in [4.69, 9.17) is 34.8 Å². The number of ketones is 1. The lowest BCUT2D eigenvalue weighted by molar-refractivity contribution is -0.123. The molecular formula is C12H7Cl3N2O2. The fourth-order valence-corrected chi connectivity index (χ4v) is 1.92. The largest absolute Gasteiger partial charge is 0.302 e. The molecule has 19 heavy (non-hydrogen) atoms. The molecule has 0 bridgehead atoms. The quantitative estimate of drug-likeness (QED) is 0.496. The van der Waals surface area contributed by atoms with Crippen LogP contribution in [0.5, 0.6) is 0 Å². The van der Waals surface area contributed by atoms with E-state index in [1.807, 2.05) is 0 Å². The Labute approximate surface area is 123 Å². The van der Waals surface area contributed by atoms with Gasteiger partial charge in [0.1, 0.15) is 12.2 Å². The molecule has 0 N–H and O–H groups in total. The van der Waals surface area contributed by atoms with Gasteiger partial charge in [0.05, 0.1) is 22.9 Å². The van der Waals surface area contributed by atoms with E-state index >= 15 is 0 Å². The maximum absolute atomic E-state index is 11.8. The van der Waals surface area contributed by atoms with Crippen molar-refractivity contribution in [2.24, 2.45) is 0 Å². The number of fused-ring (bicyclic) bond motifs is 1. The van der Waals surface area contributed by atoms with Crippen LogP contribution in [-0.2, 0) is 9.59 Å². The summed E-state index contributed by atoms with van der Waals surface area (Å²) in [5, 5.41) is 0. The lowest BCUT2D eigenvalue weighted by atomic mass is 10.0. The average Bonchev–Trinajstić information content (AvgIpc) is 2.38. The van der Waals surface area contributed by atoms with Gasteiger partial charge in [0.2, 0.25) is 3.79 Å². The summed E-state index contributed by atoms with van der Waals surface area (Å²) in [7, 11) is 0. The molecule has 0 radical (unpaired) electrons. The minimum absolute atomic E-state index is 0.157. The van der Waals surface area contributed by atoms with Gasteiger partial charge in [0.15, 0.2) is 5.78 Å². The standard InChI is InChI=1S/C12H7Cl3N2O2/c13-12(14,15)11(19)7(6-18)10-5-16-8-3-1-2-4-9(8)17-10/h1-7H. The number of alkyl halides is 3. The van der Waals surface area contributed by atoms with E-state index in [-0.39, 0.29) is 5.69 Å². The molecule has 0 aliphatic carbocycles. The Balaban J connectivity index is 2.47. The fourth-order valence-electron chi connectivity index (χ4n) is 1.56. The van der Waals surface area contributed by atoms with Crippen LogP contribution < -0.4 is 0 Å². The molecular weight excluding hydrogens is 311 g/mol. The van der Waals surface area contributed by atoms with Crippen LogP contribution in [0.1, 0.15) is 11.6 Å². The topological polar surface area (TPSA) is 59.9 Å². The van der Waals surface area contributed by atoms with Crippen molar-refractivity contribution < 1.29 is 9.59 Å². The summed E-state index contributed by atoms with van der Waals surface area (Å²) >= 11 is 16.5. The Hall–Kier alpha value is -1.23. The van der Waals surface area contributed by atoms with E-state index in [0.717, 1.165) is 0 Å². The Morgan fingerprint density at radius 2 is 1.84 bits per heavy atom. The van der Waals surface area contributed by atoms with Gasteiger partial charge in [-0.05, 0) is 12.1 Å². The number of carbonyl (C=O) groups excluding carboxylic acids is 2. The van der Waals surface area contributed by atoms with Crippen LogP contribution in [0.25, 0.3) is 11.0 Å². The van der Waals surface area contributed by atoms with E-state index in [1.165, 1.54) is 6.20 Å². The van der Waals surface area contributed by atoms with E-state index in [2.05, 4.69) is 9.97 Å². The first kappa shape index (κ1) is 14.2. The third-order valence-corrected chi connectivity index (χ3v) is 3.04. The number of aromatic nitrogens is 2. The van der Waals surface area contributed by atoms with E-state index in [0.29, 0.717) is 17.3 Å². The summed E-state index contributed by atoms with van der Waals surface area (Å²) in [6.45, 7) is 0. The lowest BCUT2D eigenvalue weighted by Gasteiger charge is -2.14. The van der Waals surface area contributed by atoms with Gasteiger partial charge < -0.3 is 4.79 Å². The predicted molar refractivity (Wildman–Crippen MR) is 73.6 cm³/mol. The summed E-state index contributed by atoms with van der Waals surface area (Å²) in [4.78, 5) is 31.2. The van der Waals surface area contributed by atoms with E-state index < -0.39 is 15.5 Å². The minimum atomic E-state index is -2.17. The van der Waals surface area contributed by atoms with Crippen molar-refractivity contribution in [2.45, 2.75) is 9.71 Å². The number of nitrogens with zero attached hydrogens (tertiary/aromatic N) is 2. The molecule has 1 unspecified atom stereocenters. The first-order chi connectivity index (χ1) is 8.93. The zero-order valence-corrected chi connectivity index (χ0v) is 11.7. The molecule has 2 aromatic rings. The number of hydrogen-bond acceptors (Lipinski definition) is 4. The predicted octanol–water partition coefficient (Wildman–Crippen LogP) is 2.85. The van der Waals surface area contributed by atoms with Gasteiger partial charge in [-0.2, -0.15) is 0 Å². The monoisotopic (exact) mass is 316 g/mol. The molecule has 1 atom stereocenters. The normalized spacial score (nSPS) is 13.2. The number of carbonyl (C=O) groups is 2. The zero-order valence-electron chi connectivity index (χ0n) is 9.39. The van der Waals surface area contributed by atoms with Gasteiger partial charge >= 0.3 is 0 Å². The van der Waals surface area contributed by atoms with Crippen LogP contribution in [0.15, 0.2) is 30.5 Å². The van der Waals surface area contributed by atoms with Gasteiger partial charge in [-0.25, -0.2) is 4.98 Å². The highest BCUT2D eigenvalue weighted by Gasteiger charge is 2.38. The van der Waals surface area contributed by atoms with Crippen molar-refractivity contribution in [1.82, 2.24) is 9.97 Å². The van der Waals surface area contributed by atoms with Crippen LogP contribution in [-0.4, -0.2) is 25.8 Å². The molecule has 0 saturated heterocycles. The second kappa shape index (κ2) is 5.41. The molecule has 0 fully saturated rings. The van der Waals surface area contributed by atoms with Crippen molar-refractivity contribution in [1.29, 1.82) is 0 Å². The van der Waals surface area contributed by atoms with Crippen LogP contribution >= 0.6 is 34.8 Å². The van der Waals surface area contributed by atoms with E-state index in [1.54, 1.807) is 24.3 Å². The van der Waals surface area contributed by atoms with Gasteiger partial charge in [-0.1, -0.05) is 46.9 Å². The zero-order chi connectivity index (χ0) is 14.0. The maximum atomic E-state index is 11.8. The Morgan fingerprint density at radius 3 is 2.42 bits per heavy atom. The Bertz CT molecular complexity index is 640. The third kappa shape index (κ3) is 3.03. The molecule has 0 aliphatic heterocycles. The smallest absolute Gasteiger partial charge is 0.249 e. The lowest BCUT2D eigenvalue weighted by Crippen LogP contribution is -2.28. The highest BCUT2D eigenvalue weighted by Crippen LogP contribution is 2.32. The van der Waals surface area contributed by atoms with Gasteiger partial charge in [-0.15, -0.1) is 0 Å². The second-order valence-electron chi connectivity index (χ2n) is 3.76. The minimum Gasteiger partial charge on any atom is -0.302 e. The van der Waals surface area contributed by atoms with Crippen LogP contribution in [0.3, 0.4) is 0 Å². The van der Waals surface area contributed by atoms with Crippen LogP contribution in [0.2, 0.25) is 0 Å². The second-order valence-corrected chi connectivity index (χ2v) is 6.04. The summed E-state index contributed by atoms with van der Waals surface area (Å²) in [5.41, 5.74) is 1.37. The number of rotatable bonds is 3. The molecule has 7 heteroatoms. The first-order valence-corrected chi connectivity index (χ1v) is 6.35. The molecule has 0 amide bonds. The average molecular weight is 318 g/mol. The Kier molecular flexibility index (Phi) is 4.04. The number of benzene rings is 1. The van der Waals surface area contributed by atoms with Crippen LogP contribution in [0, 0.1) is 0 Å². The summed E-state index contributed by atoms with van der Waals surface area (Å²) in [5.74, 6) is -2.10.